The van der Waals surface area contributed by atoms with Crippen LogP contribution in [0.5, 0.6) is 0 Å². The van der Waals surface area contributed by atoms with Crippen molar-refractivity contribution in [2.45, 2.75) is 25.9 Å². The van der Waals surface area contributed by atoms with E-state index < -0.39 is 0 Å². The van der Waals surface area contributed by atoms with E-state index in [1.54, 1.807) is 22.8 Å². The van der Waals surface area contributed by atoms with E-state index in [9.17, 15) is 18.4 Å². The van der Waals surface area contributed by atoms with E-state index in [1.807, 2.05) is 30.3 Å². The summed E-state index contributed by atoms with van der Waals surface area (Å²) in [7, 11) is 0. The van der Waals surface area contributed by atoms with Crippen LogP contribution in [-0.2, 0) is 13.1 Å². The van der Waals surface area contributed by atoms with Gasteiger partial charge in [-0.25, -0.2) is 13.6 Å². The molecule has 2 aliphatic rings. The van der Waals surface area contributed by atoms with E-state index >= 15 is 0 Å². The van der Waals surface area contributed by atoms with Gasteiger partial charge in [0.1, 0.15) is 11.6 Å². The molecule has 0 radical (unpaired) electrons. The summed E-state index contributed by atoms with van der Waals surface area (Å²) >= 11 is 0. The third kappa shape index (κ3) is 6.11. The summed E-state index contributed by atoms with van der Waals surface area (Å²) in [5.41, 5.74) is 3.65. The molecule has 0 saturated carbocycles. The number of likely N-dealkylation sites (tertiary alicyclic amines) is 1. The zero-order chi connectivity index (χ0) is 28.3. The molecule has 214 valence electrons. The number of carbonyl (C=O) groups is 1. The first-order chi connectivity index (χ1) is 19.9. The number of piperidine rings is 1. The number of piperazine rings is 1. The second kappa shape index (κ2) is 12.0. The second-order valence-electron chi connectivity index (χ2n) is 11.0. The Bertz CT molecular complexity index is 1570. The zero-order valence-electron chi connectivity index (χ0n) is 23.0. The first-order valence-corrected chi connectivity index (χ1v) is 14.3. The number of ketones is 1. The third-order valence-corrected chi connectivity index (χ3v) is 8.43. The first kappa shape index (κ1) is 27.4. The van der Waals surface area contributed by atoms with Crippen LogP contribution < -0.4 is 10.7 Å². The molecule has 3 heterocycles. The molecule has 0 bridgehead atoms. The van der Waals surface area contributed by atoms with Crippen molar-refractivity contribution in [1.82, 2.24) is 14.4 Å². The standard InChI is InChI=1S/C32H34F2N4O3/c33-26-8-6-24(7-9-26)31(39)25-11-13-35(14-12-25)17-20-38-29-10-5-23(21-30(29)41-32(38)40)22-36-15-18-37(19-16-36)28-4-2-1-3-27(28)34/h1-10,21,25H,11-20,22H2. The normalized spacial score (nSPS) is 17.4. The molecule has 0 spiro atoms. The Balaban J connectivity index is 1.01. The highest BCUT2D eigenvalue weighted by molar-refractivity contribution is 5.97. The molecule has 2 aliphatic heterocycles. The van der Waals surface area contributed by atoms with Gasteiger partial charge in [-0.15, -0.1) is 0 Å². The number of carbonyl (C=O) groups excluding carboxylic acids is 1. The quantitative estimate of drug-likeness (QED) is 0.289. The van der Waals surface area contributed by atoms with Gasteiger partial charge in [-0.1, -0.05) is 18.2 Å². The fraction of sp³-hybridized carbons (Fsp3) is 0.375. The van der Waals surface area contributed by atoms with Crippen LogP contribution in [0.15, 0.2) is 75.9 Å². The third-order valence-electron chi connectivity index (χ3n) is 8.43. The predicted octanol–water partition coefficient (Wildman–Crippen LogP) is 4.79. The van der Waals surface area contributed by atoms with E-state index in [2.05, 4.69) is 14.7 Å². The lowest BCUT2D eigenvalue weighted by molar-refractivity contribution is 0.0837. The minimum absolute atomic E-state index is 0.0601. The van der Waals surface area contributed by atoms with Crippen molar-refractivity contribution in [3.8, 4) is 0 Å². The molecule has 1 aromatic heterocycles. The fourth-order valence-corrected chi connectivity index (χ4v) is 6.04. The van der Waals surface area contributed by atoms with Crippen LogP contribution >= 0.6 is 0 Å². The van der Waals surface area contributed by atoms with Gasteiger partial charge in [0.05, 0.1) is 11.2 Å². The van der Waals surface area contributed by atoms with E-state index in [0.29, 0.717) is 29.9 Å². The molecule has 7 nitrogen and oxygen atoms in total. The van der Waals surface area contributed by atoms with Gasteiger partial charge in [-0.2, -0.15) is 0 Å². The molecule has 3 aromatic carbocycles. The summed E-state index contributed by atoms with van der Waals surface area (Å²) in [6.07, 6.45) is 1.49. The molecule has 41 heavy (non-hydrogen) atoms. The number of Topliss-reactive ketones (excluding diaryl/α,β-unsaturated/α-hetero) is 1. The number of rotatable bonds is 8. The Morgan fingerprint density at radius 3 is 2.29 bits per heavy atom. The summed E-state index contributed by atoms with van der Waals surface area (Å²) in [4.78, 5) is 32.2. The van der Waals surface area contributed by atoms with Gasteiger partial charge in [0.25, 0.3) is 0 Å². The molecular formula is C32H34F2N4O3. The second-order valence-corrected chi connectivity index (χ2v) is 11.0. The van der Waals surface area contributed by atoms with Crippen molar-refractivity contribution in [2.24, 2.45) is 5.92 Å². The Hall–Kier alpha value is -3.82. The Kier molecular flexibility index (Phi) is 7.98. The molecule has 9 heteroatoms. The highest BCUT2D eigenvalue weighted by Gasteiger charge is 2.26. The topological polar surface area (TPSA) is 61.9 Å². The van der Waals surface area contributed by atoms with E-state index in [0.717, 1.165) is 69.7 Å². The summed E-state index contributed by atoms with van der Waals surface area (Å²) in [5, 5.41) is 0. The number of hydrogen-bond donors (Lipinski definition) is 0. The largest absolute Gasteiger partial charge is 0.419 e. The zero-order valence-corrected chi connectivity index (χ0v) is 23.0. The van der Waals surface area contributed by atoms with E-state index in [4.69, 9.17) is 4.42 Å². The summed E-state index contributed by atoms with van der Waals surface area (Å²) in [6, 6.07) is 18.6. The number of aromatic nitrogens is 1. The molecule has 0 unspecified atom stereocenters. The molecule has 0 atom stereocenters. The number of oxazole rings is 1. The van der Waals surface area contributed by atoms with Crippen LogP contribution in [0.25, 0.3) is 11.1 Å². The maximum Gasteiger partial charge on any atom is 0.419 e. The summed E-state index contributed by atoms with van der Waals surface area (Å²) < 4.78 is 34.6. The van der Waals surface area contributed by atoms with Gasteiger partial charge in [-0.05, 0) is 80.0 Å². The van der Waals surface area contributed by atoms with Crippen LogP contribution in [0.3, 0.4) is 0 Å². The van der Waals surface area contributed by atoms with Crippen molar-refractivity contribution in [3.63, 3.8) is 0 Å². The number of para-hydroxylation sites is 1. The molecule has 0 aliphatic carbocycles. The number of hydrogen-bond acceptors (Lipinski definition) is 6. The lowest BCUT2D eigenvalue weighted by Crippen LogP contribution is -2.46. The number of halogens is 2. The van der Waals surface area contributed by atoms with Gasteiger partial charge in [-0.3, -0.25) is 14.3 Å². The average molecular weight is 561 g/mol. The molecule has 6 rings (SSSR count). The smallest absolute Gasteiger partial charge is 0.408 e. The van der Waals surface area contributed by atoms with Crippen LogP contribution in [-0.4, -0.2) is 66.0 Å². The molecule has 4 aromatic rings. The number of nitrogens with zero attached hydrogens (tertiary/aromatic N) is 4. The van der Waals surface area contributed by atoms with Crippen molar-refractivity contribution >= 4 is 22.6 Å². The minimum Gasteiger partial charge on any atom is -0.408 e. The predicted molar refractivity (Wildman–Crippen MR) is 154 cm³/mol. The molecular weight excluding hydrogens is 526 g/mol. The molecule has 2 fully saturated rings. The van der Waals surface area contributed by atoms with E-state index in [1.165, 1.54) is 18.2 Å². The van der Waals surface area contributed by atoms with Crippen LogP contribution in [0, 0.1) is 17.6 Å². The number of benzene rings is 3. The maximum atomic E-state index is 14.2. The highest BCUT2D eigenvalue weighted by atomic mass is 19.1. The monoisotopic (exact) mass is 560 g/mol. The number of anilines is 1. The van der Waals surface area contributed by atoms with E-state index in [-0.39, 0.29) is 29.1 Å². The van der Waals surface area contributed by atoms with Crippen molar-refractivity contribution in [3.05, 3.63) is 100 Å². The van der Waals surface area contributed by atoms with Crippen molar-refractivity contribution < 1.29 is 18.0 Å². The molecule has 2 saturated heterocycles. The highest BCUT2D eigenvalue weighted by Crippen LogP contribution is 2.24. The van der Waals surface area contributed by atoms with Gasteiger partial charge < -0.3 is 14.2 Å². The van der Waals surface area contributed by atoms with Gasteiger partial charge in [0.15, 0.2) is 11.4 Å². The average Bonchev–Trinajstić information content (AvgIpc) is 3.31. The van der Waals surface area contributed by atoms with Gasteiger partial charge in [0.2, 0.25) is 0 Å². The van der Waals surface area contributed by atoms with Crippen molar-refractivity contribution in [1.29, 1.82) is 0 Å². The van der Waals surface area contributed by atoms with Crippen LogP contribution in [0.1, 0.15) is 28.8 Å². The minimum atomic E-state index is -0.364. The Morgan fingerprint density at radius 2 is 1.56 bits per heavy atom. The lowest BCUT2D eigenvalue weighted by atomic mass is 9.89. The Morgan fingerprint density at radius 1 is 0.829 bits per heavy atom. The van der Waals surface area contributed by atoms with Crippen LogP contribution in [0.4, 0.5) is 14.5 Å². The van der Waals surface area contributed by atoms with Gasteiger partial charge >= 0.3 is 5.76 Å². The van der Waals surface area contributed by atoms with Crippen LogP contribution in [0.2, 0.25) is 0 Å². The summed E-state index contributed by atoms with van der Waals surface area (Å²) in [6.45, 7) is 6.65. The fourth-order valence-electron chi connectivity index (χ4n) is 6.04. The molecule has 0 amide bonds. The number of fused-ring (bicyclic) bond motifs is 1. The Labute approximate surface area is 237 Å². The molecule has 0 N–H and O–H groups in total. The first-order valence-electron chi connectivity index (χ1n) is 14.3. The summed E-state index contributed by atoms with van der Waals surface area (Å²) in [5.74, 6) is -0.880. The lowest BCUT2D eigenvalue weighted by Gasteiger charge is -2.36. The van der Waals surface area contributed by atoms with Gasteiger partial charge in [0, 0.05) is 57.3 Å². The SMILES string of the molecule is O=C(c1ccc(F)cc1)C1CCN(CCn2c(=O)oc3cc(CN4CCN(c5ccccc5F)CC4)ccc32)CC1. The van der Waals surface area contributed by atoms with Crippen molar-refractivity contribution in [2.75, 3.05) is 50.7 Å². The maximum absolute atomic E-state index is 14.2.